The normalized spacial score (nSPS) is 20.3. The topological polar surface area (TPSA) is 113 Å². The Balaban J connectivity index is 1.34. The van der Waals surface area contributed by atoms with E-state index in [1.165, 1.54) is 30.5 Å². The monoisotopic (exact) mass is 687 g/mol. The minimum Gasteiger partial charge on any atom is -0.508 e. The Morgan fingerprint density at radius 2 is 2.04 bits per heavy atom. The molecule has 3 aliphatic rings. The number of phenols is 1. The van der Waals surface area contributed by atoms with Crippen molar-refractivity contribution in [2.45, 2.75) is 18.9 Å². The number of morpholine rings is 1. The van der Waals surface area contributed by atoms with Crippen molar-refractivity contribution in [3.63, 3.8) is 0 Å². The van der Waals surface area contributed by atoms with Gasteiger partial charge in [0.15, 0.2) is 5.82 Å². The Morgan fingerprint density at radius 1 is 1.24 bits per heavy atom. The number of benzene rings is 2. The number of anilines is 1. The third-order valence-corrected chi connectivity index (χ3v) is 9.55. The number of fused-ring (bicyclic) bond motifs is 2. The zero-order valence-electron chi connectivity index (χ0n) is 30.3. The molecule has 2 aliphatic heterocycles. The van der Waals surface area contributed by atoms with Crippen molar-refractivity contribution in [1.29, 1.82) is 0 Å². The van der Waals surface area contributed by atoms with Gasteiger partial charge in [-0.05, 0) is 42.5 Å². The van der Waals surface area contributed by atoms with Crippen LogP contribution in [0.4, 0.5) is 14.6 Å². The molecule has 0 unspecified atom stereocenters. The summed E-state index contributed by atoms with van der Waals surface area (Å²) in [5.41, 5.74) is -0.633. The summed E-state index contributed by atoms with van der Waals surface area (Å²) in [6.07, 6.45) is 9.84. The zero-order valence-corrected chi connectivity index (χ0v) is 27.3. The summed E-state index contributed by atoms with van der Waals surface area (Å²) in [4.78, 5) is 31.3. The average Bonchev–Trinajstić information content (AvgIpc) is 3.94. The van der Waals surface area contributed by atoms with E-state index in [0.717, 1.165) is 43.5 Å². The van der Waals surface area contributed by atoms with Gasteiger partial charge in [-0.1, -0.05) is 18.6 Å². The Labute approximate surface area is 292 Å². The Hall–Kier alpha value is -4.90. The minimum absolute atomic E-state index is 0.0458. The third-order valence-electron chi connectivity index (χ3n) is 9.55. The van der Waals surface area contributed by atoms with Crippen LogP contribution in [-0.4, -0.2) is 115 Å². The number of aromatic hydroxyl groups is 1. The first-order chi connectivity index (χ1) is 25.4. The van der Waals surface area contributed by atoms with Crippen LogP contribution in [0.15, 0.2) is 43.1 Å². The number of terminal acetylenes is 1. The van der Waals surface area contributed by atoms with E-state index in [9.17, 15) is 14.3 Å². The van der Waals surface area contributed by atoms with Gasteiger partial charge < -0.3 is 29.1 Å². The van der Waals surface area contributed by atoms with Crippen LogP contribution in [0.1, 0.15) is 22.5 Å². The van der Waals surface area contributed by atoms with Gasteiger partial charge in [0.2, 0.25) is 5.91 Å². The number of hydrogen-bond acceptors (Lipinski definition) is 10. The number of ether oxygens (including phenoxy) is 3. The fourth-order valence-electron chi connectivity index (χ4n) is 6.66. The molecule has 4 heterocycles. The van der Waals surface area contributed by atoms with Crippen molar-refractivity contribution < 1.29 is 37.0 Å². The van der Waals surface area contributed by atoms with Crippen molar-refractivity contribution in [2.24, 2.45) is 5.41 Å². The molecule has 1 amide bonds. The molecular weight excluding hydrogens is 646 g/mol. The van der Waals surface area contributed by atoms with Gasteiger partial charge in [-0.25, -0.2) is 8.78 Å². The smallest absolute Gasteiger partial charge is 0.319 e. The van der Waals surface area contributed by atoms with E-state index >= 15 is 4.39 Å². The summed E-state index contributed by atoms with van der Waals surface area (Å²) in [6.45, 7) is 4.88. The molecule has 50 heavy (non-hydrogen) atoms. The molecule has 260 valence electrons. The first kappa shape index (κ1) is 30.0. The van der Waals surface area contributed by atoms with Gasteiger partial charge in [-0.15, -0.1) is 6.42 Å². The Morgan fingerprint density at radius 3 is 2.78 bits per heavy atom. The summed E-state index contributed by atoms with van der Waals surface area (Å²) < 4.78 is 73.7. The van der Waals surface area contributed by atoms with E-state index in [1.54, 1.807) is 4.90 Å². The van der Waals surface area contributed by atoms with E-state index in [-0.39, 0.29) is 89.0 Å². The minimum atomic E-state index is -2.81. The maximum atomic E-state index is 17.0. The van der Waals surface area contributed by atoms with Gasteiger partial charge in [-0.2, -0.15) is 9.97 Å². The third kappa shape index (κ3) is 6.54. The Kier molecular flexibility index (Phi) is 8.26. The second-order valence-corrected chi connectivity index (χ2v) is 12.9. The lowest BCUT2D eigenvalue weighted by molar-refractivity contribution is -0.127. The largest absolute Gasteiger partial charge is 0.508 e. The zero-order chi connectivity index (χ0) is 37.5. The molecule has 11 nitrogen and oxygen atoms in total. The van der Waals surface area contributed by atoms with E-state index in [1.807, 2.05) is 0 Å². The van der Waals surface area contributed by atoms with E-state index in [0.29, 0.717) is 18.6 Å². The highest BCUT2D eigenvalue weighted by atomic mass is 19.1. The number of halogens is 2. The molecule has 2 aromatic carbocycles. The first-order valence-electron chi connectivity index (χ1n) is 17.9. The van der Waals surface area contributed by atoms with E-state index in [2.05, 4.69) is 27.4 Å². The van der Waals surface area contributed by atoms with Gasteiger partial charge in [0.1, 0.15) is 28.6 Å². The summed E-state index contributed by atoms with van der Waals surface area (Å²) in [5, 5.41) is 11.3. The molecule has 0 radical (unpaired) electrons. The number of amides is 1. The van der Waals surface area contributed by atoms with Crippen molar-refractivity contribution in [2.75, 3.05) is 77.6 Å². The van der Waals surface area contributed by atoms with Crippen LogP contribution in [0.3, 0.4) is 0 Å². The van der Waals surface area contributed by atoms with Gasteiger partial charge >= 0.3 is 6.01 Å². The Bertz CT molecular complexity index is 2120. The van der Waals surface area contributed by atoms with Crippen LogP contribution in [0.5, 0.6) is 11.8 Å². The van der Waals surface area contributed by atoms with Gasteiger partial charge in [-0.3, -0.25) is 14.7 Å². The summed E-state index contributed by atoms with van der Waals surface area (Å²) in [6, 6.07) is 4.19. The maximum absolute atomic E-state index is 17.0. The molecule has 1 aliphatic carbocycles. The lowest BCUT2D eigenvalue weighted by atomic mass is 9.96. The fourth-order valence-corrected chi connectivity index (χ4v) is 6.66. The van der Waals surface area contributed by atoms with Crippen molar-refractivity contribution in [1.82, 2.24) is 24.8 Å². The lowest BCUT2D eigenvalue weighted by Crippen LogP contribution is -2.45. The second kappa shape index (κ2) is 13.8. The van der Waals surface area contributed by atoms with Crippen LogP contribution in [0, 0.1) is 29.4 Å². The predicted molar refractivity (Wildman–Crippen MR) is 184 cm³/mol. The summed E-state index contributed by atoms with van der Waals surface area (Å²) in [7, 11) is 0. The molecule has 1 atom stereocenters. The van der Waals surface area contributed by atoms with Crippen LogP contribution in [0.2, 0.25) is 0 Å². The van der Waals surface area contributed by atoms with Crippen LogP contribution in [0.25, 0.3) is 32.9 Å². The highest BCUT2D eigenvalue weighted by Gasteiger charge is 2.45. The average molecular weight is 688 g/mol. The van der Waals surface area contributed by atoms with Gasteiger partial charge in [0.05, 0.1) is 50.0 Å². The molecule has 4 aromatic rings. The molecule has 7 rings (SSSR count). The standard InChI is InChI=1S/C37H38F2N6O5/c1-4-26-29(38)7-6-23-16-25(46)17-27(31(23)26)33-32(39)34-28(18-40-33)35(45-12-15-49-20-24(19-45)43(3)30(47)5-2)42-36(41-34)50-22-37(8-9-37)21-44-10-13-48-14-11-44/h1,5-7,16-18,24,46H,2,8-15,19-22H2,3H3/t24-/m1/s1/i3D3. The van der Waals surface area contributed by atoms with Crippen molar-refractivity contribution >= 4 is 33.4 Å². The molecule has 1 N–H and O–H groups in total. The molecule has 1 saturated carbocycles. The molecular formula is C37H38F2N6O5. The fraction of sp³-hybridized carbons (Fsp3) is 0.405. The number of hydrogen-bond donors (Lipinski definition) is 1. The van der Waals surface area contributed by atoms with Gasteiger partial charge in [0, 0.05) is 66.4 Å². The SMILES string of the molecule is [2H]C([2H])([2H])N(C(=O)C=C)[C@H]1COCCN(c2nc(OCC3(CN4CCOCC4)CC3)nc3c(F)c(-c4cc(O)cc5ccc(F)c(C#C)c45)ncc23)C1. The number of aromatic nitrogens is 3. The number of pyridine rings is 1. The van der Waals surface area contributed by atoms with Crippen LogP contribution >= 0.6 is 0 Å². The number of nitrogens with zero attached hydrogens (tertiary/aromatic N) is 6. The second-order valence-electron chi connectivity index (χ2n) is 12.9. The van der Waals surface area contributed by atoms with Crippen molar-refractivity contribution in [3.8, 4) is 35.4 Å². The van der Waals surface area contributed by atoms with Crippen molar-refractivity contribution in [3.05, 3.63) is 60.3 Å². The highest BCUT2D eigenvalue weighted by Crippen LogP contribution is 2.47. The lowest BCUT2D eigenvalue weighted by Gasteiger charge is -2.31. The predicted octanol–water partition coefficient (Wildman–Crippen LogP) is 4.15. The summed E-state index contributed by atoms with van der Waals surface area (Å²) >= 11 is 0. The summed E-state index contributed by atoms with van der Waals surface area (Å²) in [5.74, 6) is -0.0922. The molecule has 0 spiro atoms. The van der Waals surface area contributed by atoms with Crippen LogP contribution < -0.4 is 9.64 Å². The quantitative estimate of drug-likeness (QED) is 0.204. The van der Waals surface area contributed by atoms with E-state index < -0.39 is 30.6 Å². The van der Waals surface area contributed by atoms with Crippen LogP contribution in [-0.2, 0) is 14.3 Å². The molecule has 0 bridgehead atoms. The highest BCUT2D eigenvalue weighted by molar-refractivity contribution is 6.03. The molecule has 2 saturated heterocycles. The van der Waals surface area contributed by atoms with Gasteiger partial charge in [0.25, 0.3) is 0 Å². The number of carbonyl (C=O) groups excluding carboxylic acids is 1. The maximum Gasteiger partial charge on any atom is 0.319 e. The first-order valence-corrected chi connectivity index (χ1v) is 16.4. The number of rotatable bonds is 9. The molecule has 2 aromatic heterocycles. The molecule has 13 heteroatoms. The number of carbonyl (C=O) groups is 1. The molecule has 3 fully saturated rings. The van der Waals surface area contributed by atoms with E-state index in [4.69, 9.17) is 29.7 Å². The number of likely N-dealkylation sites (N-methyl/N-ethyl adjacent to an activating group) is 1. The number of phenolic OH excluding ortho intramolecular Hbond substituents is 1.